The maximum Gasteiger partial charge on any atom is 0.283 e. The predicted octanol–water partition coefficient (Wildman–Crippen LogP) is 5.98. The van der Waals surface area contributed by atoms with Crippen LogP contribution in [0.4, 0.5) is 11.4 Å². The number of rotatable bonds is 20. The molecule has 2 amide bonds. The zero-order valence-corrected chi connectivity index (χ0v) is 36.3. The van der Waals surface area contributed by atoms with Crippen LogP contribution in [0.15, 0.2) is 47.6 Å². The summed E-state index contributed by atoms with van der Waals surface area (Å²) in [5, 5.41) is 6.08. The SMILES string of the molecule is C#CC1CC(=CC)CN1C(=O)c1cc(OC)c(OCCCP(=O)(CCCOC)CCCOc2cc3c(cc2OC)C(=O)N2CC(=CC)CC2CN3)cc1NCS(=O)(=O)O. The van der Waals surface area contributed by atoms with E-state index in [4.69, 9.17) is 30.1 Å². The van der Waals surface area contributed by atoms with Gasteiger partial charge in [0, 0.05) is 70.4 Å². The molecular formula is C42H57N4O11PS. The van der Waals surface area contributed by atoms with E-state index in [1.807, 2.05) is 24.8 Å². The maximum absolute atomic E-state index is 14.3. The van der Waals surface area contributed by atoms with Gasteiger partial charge in [0.25, 0.3) is 21.9 Å². The summed E-state index contributed by atoms with van der Waals surface area (Å²) in [6, 6.07) is 6.03. The number of methoxy groups -OCH3 is 3. The zero-order valence-electron chi connectivity index (χ0n) is 34.6. The summed E-state index contributed by atoms with van der Waals surface area (Å²) in [5.41, 5.74) is 3.68. The van der Waals surface area contributed by atoms with Crippen LogP contribution in [0, 0.1) is 12.3 Å². The normalized spacial score (nSPS) is 20.0. The van der Waals surface area contributed by atoms with Crippen molar-refractivity contribution in [3.63, 3.8) is 0 Å². The molecule has 0 aliphatic carbocycles. The average Bonchev–Trinajstić information content (AvgIpc) is 3.83. The quantitative estimate of drug-likeness (QED) is 0.0466. The second-order valence-electron chi connectivity index (χ2n) is 14.9. The first-order chi connectivity index (χ1) is 28.3. The third-order valence-electron chi connectivity index (χ3n) is 10.9. The van der Waals surface area contributed by atoms with Crippen LogP contribution in [-0.4, -0.2) is 132 Å². The van der Waals surface area contributed by atoms with Crippen LogP contribution in [0.1, 0.15) is 66.7 Å². The Balaban J connectivity index is 1.23. The second-order valence-corrected chi connectivity index (χ2v) is 19.8. The lowest BCUT2D eigenvalue weighted by atomic mass is 10.1. The van der Waals surface area contributed by atoms with Crippen LogP contribution in [0.25, 0.3) is 0 Å². The maximum atomic E-state index is 14.3. The van der Waals surface area contributed by atoms with Crippen molar-refractivity contribution in [3.8, 4) is 35.3 Å². The minimum atomic E-state index is -4.45. The van der Waals surface area contributed by atoms with Crippen molar-refractivity contribution in [2.45, 2.75) is 58.0 Å². The number of carbonyl (C=O) groups excluding carboxylic acids is 2. The van der Waals surface area contributed by atoms with Crippen molar-refractivity contribution < 1.29 is 50.8 Å². The van der Waals surface area contributed by atoms with Crippen LogP contribution < -0.4 is 29.6 Å². The highest BCUT2D eigenvalue weighted by Crippen LogP contribution is 2.48. The van der Waals surface area contributed by atoms with Gasteiger partial charge in [-0.1, -0.05) is 29.2 Å². The Hall–Kier alpha value is -4.68. The van der Waals surface area contributed by atoms with Crippen LogP contribution in [-0.2, 0) is 19.4 Å². The van der Waals surface area contributed by atoms with Gasteiger partial charge in [-0.15, -0.1) is 6.42 Å². The third kappa shape index (κ3) is 11.5. The van der Waals surface area contributed by atoms with E-state index in [0.29, 0.717) is 93.2 Å². The van der Waals surface area contributed by atoms with E-state index in [0.717, 1.165) is 12.0 Å². The number of ether oxygens (including phenoxy) is 5. The van der Waals surface area contributed by atoms with E-state index in [1.165, 1.54) is 36.8 Å². The molecule has 2 aromatic rings. The summed E-state index contributed by atoms with van der Waals surface area (Å²) in [6.45, 7) is 6.34. The van der Waals surface area contributed by atoms with Crippen LogP contribution in [0.2, 0.25) is 0 Å². The largest absolute Gasteiger partial charge is 0.493 e. The molecule has 2 saturated heterocycles. The Morgan fingerprint density at radius 1 is 0.932 bits per heavy atom. The standard InChI is InChI=1S/C42H57N4O11PS/c1-7-29-19-31(9-3)45(26-29)41(47)34-22-38(55-6)40(24-36(34)44-28-59(50,51)52)57-15-12-18-58(49,16-10-13-53-4)17-11-14-56-39-23-35-33(21-37(39)54-5)42(48)46-27-30(8-2)20-32(46)25-43-35/h3,7-8,21-24,31-32,43-44H,10-20,25-28H2,1-2,4-6H3,(H,50,51,52). The lowest BCUT2D eigenvalue weighted by Crippen LogP contribution is -2.36. The summed E-state index contributed by atoms with van der Waals surface area (Å²) in [6.07, 6.45) is 14.0. The number of anilines is 2. The van der Waals surface area contributed by atoms with Crippen molar-refractivity contribution in [2.24, 2.45) is 0 Å². The Labute approximate surface area is 347 Å². The van der Waals surface area contributed by atoms with Gasteiger partial charge in [-0.25, -0.2) is 0 Å². The van der Waals surface area contributed by atoms with E-state index in [2.05, 4.69) is 22.6 Å². The van der Waals surface area contributed by atoms with Gasteiger partial charge in [0.1, 0.15) is 5.88 Å². The number of amides is 2. The molecule has 0 saturated carbocycles. The molecule has 322 valence electrons. The highest BCUT2D eigenvalue weighted by atomic mass is 32.2. The summed E-state index contributed by atoms with van der Waals surface area (Å²) >= 11 is 0. The minimum absolute atomic E-state index is 0.0443. The van der Waals surface area contributed by atoms with E-state index < -0.39 is 35.1 Å². The first-order valence-electron chi connectivity index (χ1n) is 19.8. The Kier molecular flexibility index (Phi) is 15.8. The molecule has 0 spiro atoms. The van der Waals surface area contributed by atoms with Crippen LogP contribution >= 0.6 is 7.14 Å². The van der Waals surface area contributed by atoms with Gasteiger partial charge in [-0.2, -0.15) is 8.42 Å². The molecule has 3 heterocycles. The molecule has 0 bridgehead atoms. The van der Waals surface area contributed by atoms with Gasteiger partial charge < -0.3 is 48.7 Å². The number of hydrogen-bond donors (Lipinski definition) is 3. The predicted molar refractivity (Wildman–Crippen MR) is 229 cm³/mol. The summed E-state index contributed by atoms with van der Waals surface area (Å²) < 4.78 is 75.9. The lowest BCUT2D eigenvalue weighted by molar-refractivity contribution is 0.0749. The summed E-state index contributed by atoms with van der Waals surface area (Å²) in [4.78, 5) is 30.8. The number of likely N-dealkylation sites (tertiary alicyclic amines) is 1. The van der Waals surface area contributed by atoms with E-state index >= 15 is 0 Å². The molecule has 17 heteroatoms. The fourth-order valence-electron chi connectivity index (χ4n) is 7.70. The minimum Gasteiger partial charge on any atom is -0.493 e. The first-order valence-corrected chi connectivity index (χ1v) is 23.7. The molecule has 3 N–H and O–H groups in total. The molecule has 3 unspecified atom stereocenters. The molecule has 3 aliphatic heterocycles. The van der Waals surface area contributed by atoms with E-state index in [1.54, 1.807) is 19.2 Å². The Bertz CT molecular complexity index is 2120. The fraction of sp³-hybridized carbons (Fsp3) is 0.524. The third-order valence-corrected chi connectivity index (χ3v) is 14.8. The summed E-state index contributed by atoms with van der Waals surface area (Å²) in [7, 11) is -2.60. The van der Waals surface area contributed by atoms with Crippen LogP contribution in [0.5, 0.6) is 23.0 Å². The molecule has 5 rings (SSSR count). The molecular weight excluding hydrogens is 800 g/mol. The molecule has 59 heavy (non-hydrogen) atoms. The van der Waals surface area contributed by atoms with E-state index in [-0.39, 0.29) is 47.9 Å². The number of fused-ring (bicyclic) bond motifs is 2. The molecule has 0 aromatic heterocycles. The molecule has 15 nitrogen and oxygen atoms in total. The lowest BCUT2D eigenvalue weighted by Gasteiger charge is -2.23. The Morgan fingerprint density at radius 2 is 1.54 bits per heavy atom. The zero-order chi connectivity index (χ0) is 42.7. The topological polar surface area (TPSA) is 182 Å². The number of nitrogens with one attached hydrogen (secondary N) is 2. The van der Waals surface area contributed by atoms with Crippen LogP contribution in [0.3, 0.4) is 0 Å². The van der Waals surface area contributed by atoms with Gasteiger partial charge in [0.05, 0.1) is 69.2 Å². The van der Waals surface area contributed by atoms with Crippen molar-refractivity contribution in [3.05, 3.63) is 58.7 Å². The number of terminal acetylenes is 1. The average molecular weight is 857 g/mol. The number of hydrogen-bond acceptors (Lipinski definition) is 12. The molecule has 3 atom stereocenters. The van der Waals surface area contributed by atoms with E-state index in [9.17, 15) is 27.1 Å². The molecule has 0 radical (unpaired) electrons. The second kappa shape index (κ2) is 20.5. The van der Waals surface area contributed by atoms with Gasteiger partial charge in [0.15, 0.2) is 23.0 Å². The smallest absolute Gasteiger partial charge is 0.283 e. The highest BCUT2D eigenvalue weighted by Gasteiger charge is 2.36. The monoisotopic (exact) mass is 856 g/mol. The number of allylic oxidation sites excluding steroid dienone is 2. The van der Waals surface area contributed by atoms with Gasteiger partial charge in [-0.05, 0) is 51.7 Å². The highest BCUT2D eigenvalue weighted by molar-refractivity contribution is 7.85. The fourth-order valence-corrected chi connectivity index (χ4v) is 10.8. The van der Waals surface area contributed by atoms with Crippen molar-refractivity contribution in [2.75, 3.05) is 95.8 Å². The number of carbonyl (C=O) groups is 2. The molecule has 2 aromatic carbocycles. The molecule has 3 aliphatic rings. The van der Waals surface area contributed by atoms with Crippen molar-refractivity contribution in [1.82, 2.24) is 9.80 Å². The van der Waals surface area contributed by atoms with Gasteiger partial charge in [0.2, 0.25) is 0 Å². The van der Waals surface area contributed by atoms with Gasteiger partial charge in [-0.3, -0.25) is 14.1 Å². The van der Waals surface area contributed by atoms with Crippen molar-refractivity contribution >= 4 is 40.4 Å². The Morgan fingerprint density at radius 3 is 2.14 bits per heavy atom. The molecule has 2 fully saturated rings. The van der Waals surface area contributed by atoms with Crippen molar-refractivity contribution in [1.29, 1.82) is 0 Å². The van der Waals surface area contributed by atoms with Gasteiger partial charge >= 0.3 is 0 Å². The summed E-state index contributed by atoms with van der Waals surface area (Å²) in [5.74, 6) is 2.71. The first kappa shape index (κ1) is 45.4. The number of benzene rings is 2. The number of nitrogens with zero attached hydrogens (tertiary/aromatic N) is 2.